The highest BCUT2D eigenvalue weighted by atomic mass is 79.9. The van der Waals surface area contributed by atoms with Gasteiger partial charge in [-0.15, -0.1) is 11.3 Å². The van der Waals surface area contributed by atoms with Gasteiger partial charge in [0.25, 0.3) is 0 Å². The lowest BCUT2D eigenvalue weighted by Crippen LogP contribution is -2.21. The predicted molar refractivity (Wildman–Crippen MR) is 389 cm³/mol. The number of unbranched alkanes of at least 4 members (excludes halogenated alkanes) is 3. The Kier molecular flexibility index (Phi) is 24.7. The van der Waals surface area contributed by atoms with E-state index in [1.165, 1.54) is 90.4 Å². The summed E-state index contributed by atoms with van der Waals surface area (Å²) in [5.41, 5.74) is 24.0. The molecule has 22 heteroatoms. The van der Waals surface area contributed by atoms with Crippen molar-refractivity contribution >= 4 is 122 Å². The molecule has 13 rings (SSSR count). The van der Waals surface area contributed by atoms with Crippen LogP contribution in [0.25, 0.3) is 32.7 Å². The Morgan fingerprint density at radius 1 is 0.606 bits per heavy atom. The molecule has 0 aliphatic carbocycles. The molecule has 3 aromatic carbocycles. The molecule has 492 valence electrons. The number of nitrogens with two attached hydrogens (primary N) is 2. The molecule has 3 atom stereocenters. The number of para-hydroxylation sites is 3. The average molecular weight is 1390 g/mol. The second-order valence-corrected chi connectivity index (χ2v) is 29.0. The number of Topliss-reactive ketones (excluding diaryl/α,β-unsaturated/α-hetero) is 3. The number of halogens is 1. The number of rotatable bonds is 27. The summed E-state index contributed by atoms with van der Waals surface area (Å²) in [6.45, 7) is 10.7. The Bertz CT molecular complexity index is 4220. The minimum atomic E-state index is 0.164. The smallest absolute Gasteiger partial charge is 0.186 e. The van der Waals surface area contributed by atoms with Crippen LogP contribution in [0.2, 0.25) is 0 Å². The fraction of sp³-hybridized carbons (Fsp3) is 0.375. The summed E-state index contributed by atoms with van der Waals surface area (Å²) in [5.74, 6) is 1.61. The molecule has 10 heterocycles. The molecule has 0 radical (unpaired) electrons. The van der Waals surface area contributed by atoms with E-state index in [9.17, 15) is 14.4 Å². The molecule has 0 saturated carbocycles. The van der Waals surface area contributed by atoms with Crippen LogP contribution in [-0.4, -0.2) is 95.6 Å². The topological polar surface area (TPSA) is 284 Å². The van der Waals surface area contributed by atoms with Gasteiger partial charge in [-0.2, -0.15) is 5.10 Å². The third kappa shape index (κ3) is 18.0. The van der Waals surface area contributed by atoms with Crippen molar-refractivity contribution in [3.05, 3.63) is 186 Å². The van der Waals surface area contributed by atoms with E-state index < -0.39 is 0 Å². The lowest BCUT2D eigenvalue weighted by Gasteiger charge is -2.15. The predicted octanol–water partition coefficient (Wildman–Crippen LogP) is 15.9. The number of anilines is 2. The largest absolute Gasteiger partial charge is 0.404 e. The van der Waals surface area contributed by atoms with Gasteiger partial charge in [-0.3, -0.25) is 19.5 Å². The van der Waals surface area contributed by atoms with E-state index in [1.807, 2.05) is 23.2 Å². The van der Waals surface area contributed by atoms with E-state index in [0.717, 1.165) is 148 Å². The third-order valence-electron chi connectivity index (χ3n) is 17.7. The van der Waals surface area contributed by atoms with Gasteiger partial charge in [0.15, 0.2) is 31.5 Å². The number of benzene rings is 3. The van der Waals surface area contributed by atoms with Gasteiger partial charge >= 0.3 is 0 Å². The fourth-order valence-corrected chi connectivity index (χ4v) is 15.5. The van der Waals surface area contributed by atoms with E-state index in [0.29, 0.717) is 72.9 Å². The summed E-state index contributed by atoms with van der Waals surface area (Å²) in [6, 6.07) is 25.1. The molecular weight excluding hydrogens is 1300 g/mol. The first-order valence-corrected chi connectivity index (χ1v) is 36.0. The second kappa shape index (κ2) is 33.8. The zero-order valence-electron chi connectivity index (χ0n) is 53.9. The second-order valence-electron chi connectivity index (χ2n) is 24.6. The monoisotopic (exact) mass is 1380 g/mol. The van der Waals surface area contributed by atoms with Gasteiger partial charge in [0, 0.05) is 132 Å². The molecular formula is C72H86BrN15O3S3. The SMILES string of the molecule is CCCCC(CC(=O)c1cnc(Br)s1)Cc1c[nH]c2ccccc12.CCCCC(CC(=O)c1cnc(N2CC(N)=C(C=N)C2)s1)Cc1c[nH]c2ccccc12.CCCCC(CC(=O)c1cnc(N2Cc3cn[nH]c3C2)s1)Cc1c[nH]c2ccccc12.N=C1CNCC1=CN. The van der Waals surface area contributed by atoms with Gasteiger partial charge in [-0.1, -0.05) is 137 Å². The number of carbonyl (C=O) groups excluding carboxylic acids is 3. The van der Waals surface area contributed by atoms with Crippen molar-refractivity contribution in [3.63, 3.8) is 0 Å². The van der Waals surface area contributed by atoms with Crippen LogP contribution < -0.4 is 26.6 Å². The third-order valence-corrected chi connectivity index (χ3v) is 21.4. The Balaban J connectivity index is 0.000000146. The Morgan fingerprint density at radius 2 is 1.05 bits per heavy atom. The first-order valence-electron chi connectivity index (χ1n) is 32.8. The zero-order chi connectivity index (χ0) is 65.9. The van der Waals surface area contributed by atoms with Crippen molar-refractivity contribution in [2.45, 2.75) is 130 Å². The molecule has 1 fully saturated rings. The van der Waals surface area contributed by atoms with Crippen LogP contribution in [-0.2, 0) is 32.4 Å². The maximum Gasteiger partial charge on any atom is 0.186 e. The Morgan fingerprint density at radius 3 is 1.44 bits per heavy atom. The van der Waals surface area contributed by atoms with Crippen molar-refractivity contribution in [1.82, 2.24) is 45.4 Å². The van der Waals surface area contributed by atoms with Gasteiger partial charge in [-0.25, -0.2) is 15.0 Å². The highest BCUT2D eigenvalue weighted by Gasteiger charge is 2.28. The van der Waals surface area contributed by atoms with Crippen molar-refractivity contribution in [2.24, 2.45) is 29.2 Å². The first-order chi connectivity index (χ1) is 45.8. The Hall–Kier alpha value is -8.15. The molecule has 3 aliphatic rings. The fourth-order valence-electron chi connectivity index (χ4n) is 12.5. The number of fused-ring (bicyclic) bond motifs is 4. The molecule has 7 aromatic heterocycles. The van der Waals surface area contributed by atoms with Crippen molar-refractivity contribution in [1.29, 1.82) is 10.8 Å². The normalized spacial score (nSPS) is 15.0. The molecule has 0 spiro atoms. The number of H-pyrrole nitrogens is 4. The van der Waals surface area contributed by atoms with E-state index in [2.05, 4.69) is 166 Å². The Labute approximate surface area is 570 Å². The number of thiazole rings is 3. The van der Waals surface area contributed by atoms with Crippen molar-refractivity contribution < 1.29 is 14.4 Å². The molecule has 3 aliphatic heterocycles. The lowest BCUT2D eigenvalue weighted by atomic mass is 9.89. The van der Waals surface area contributed by atoms with Crippen molar-refractivity contribution in [3.8, 4) is 0 Å². The average Bonchev–Trinajstić information content (AvgIpc) is 1.74. The minimum absolute atomic E-state index is 0.164. The van der Waals surface area contributed by atoms with E-state index >= 15 is 0 Å². The molecule has 10 aromatic rings. The maximum absolute atomic E-state index is 13.1. The molecule has 3 unspecified atom stereocenters. The summed E-state index contributed by atoms with van der Waals surface area (Å²) in [4.78, 5) is 68.5. The van der Waals surface area contributed by atoms with Gasteiger partial charge in [0.2, 0.25) is 0 Å². The van der Waals surface area contributed by atoms with E-state index in [4.69, 9.17) is 22.3 Å². The van der Waals surface area contributed by atoms with Crippen LogP contribution in [0.4, 0.5) is 10.3 Å². The summed E-state index contributed by atoms with van der Waals surface area (Å²) in [6.07, 6.45) is 30.6. The van der Waals surface area contributed by atoms with Crippen LogP contribution >= 0.6 is 49.9 Å². The number of carbonyl (C=O) groups is 3. The minimum Gasteiger partial charge on any atom is -0.404 e. The van der Waals surface area contributed by atoms with Crippen LogP contribution in [0, 0.1) is 28.6 Å². The molecule has 18 nitrogen and oxygen atoms in total. The van der Waals surface area contributed by atoms with Gasteiger partial charge in [-0.05, 0) is 107 Å². The summed E-state index contributed by atoms with van der Waals surface area (Å²) < 4.78 is 0.771. The number of hydrogen-bond donors (Lipinski definition) is 9. The van der Waals surface area contributed by atoms with Crippen LogP contribution in [0.1, 0.15) is 155 Å². The number of aromatic nitrogens is 8. The van der Waals surface area contributed by atoms with Crippen LogP contribution in [0.5, 0.6) is 0 Å². The van der Waals surface area contributed by atoms with Gasteiger partial charge in [0.1, 0.15) is 0 Å². The molecule has 1 saturated heterocycles. The van der Waals surface area contributed by atoms with Crippen LogP contribution in [0.3, 0.4) is 0 Å². The number of nitrogens with one attached hydrogen (secondary N) is 7. The number of hydrogen-bond acceptors (Lipinski definition) is 17. The summed E-state index contributed by atoms with van der Waals surface area (Å²) >= 11 is 7.70. The van der Waals surface area contributed by atoms with E-state index in [-0.39, 0.29) is 17.3 Å². The molecule has 0 bridgehead atoms. The molecule has 94 heavy (non-hydrogen) atoms. The highest BCUT2D eigenvalue weighted by Crippen LogP contribution is 2.35. The van der Waals surface area contributed by atoms with Crippen molar-refractivity contribution in [2.75, 3.05) is 36.0 Å². The number of aromatic amines is 4. The standard InChI is InChI=1S/C24H27N5OS.C24H29N5OS.C19H21BrN2OS.C5H9N3/c1-2-3-6-16(9-17-11-25-20-8-5-4-7-19(17)20)10-22(30)23-13-26-24(31-23)29-14-18-12-27-28-21(18)15-29;1-2-3-6-16(9-17-12-27-21-8-5-4-7-19(17)21)10-22(30)23-13-28-24(31-23)29-14-18(11-25)20(26)15-29;1-2-3-6-13(10-17(23)18-12-22-19(20)24-18)9-14-11-21-16-8-5-4-7-15(14)16;6-1-4-2-8-3-5(4)7/h4-5,7-8,11-13,16,25H,2-3,6,9-10,14-15H2,1H3,(H,27,28);4-5,7-8,11-13,16,25,27H,2-3,6,9-10,14-15,26H2,1H3;4-5,7-8,11-13,21H,2-3,6,9-10H2,1H3;1,7-8H,2-3,6H2. The maximum atomic E-state index is 13.1. The van der Waals surface area contributed by atoms with Gasteiger partial charge in [0.05, 0.1) is 63.9 Å². The summed E-state index contributed by atoms with van der Waals surface area (Å²) in [5, 5.41) is 30.3. The zero-order valence-corrected chi connectivity index (χ0v) is 57.9. The molecule has 11 N–H and O–H groups in total. The first kappa shape index (κ1) is 68.7. The summed E-state index contributed by atoms with van der Waals surface area (Å²) in [7, 11) is 0. The van der Waals surface area contributed by atoms with E-state index in [1.54, 1.807) is 18.6 Å². The van der Waals surface area contributed by atoms with Crippen LogP contribution in [0.15, 0.2) is 143 Å². The quantitative estimate of drug-likeness (QED) is 0.0172. The molecule has 0 amide bonds. The number of nitrogens with zero attached hydrogens (tertiary/aromatic N) is 6. The highest BCUT2D eigenvalue weighted by molar-refractivity contribution is 9.11. The number of ketones is 3. The lowest BCUT2D eigenvalue weighted by molar-refractivity contribution is 0.0953. The van der Waals surface area contributed by atoms with Gasteiger partial charge < -0.3 is 52.4 Å².